The highest BCUT2D eigenvalue weighted by atomic mass is 16.3. The number of urea groups is 1. The molecular formula is C21H21N3O2. The van der Waals surface area contributed by atoms with Crippen molar-refractivity contribution in [2.24, 2.45) is 0 Å². The number of amides is 2. The Morgan fingerprint density at radius 2 is 1.96 bits per heavy atom. The number of oxazole rings is 1. The molecule has 3 aromatic rings. The number of anilines is 1. The molecule has 0 unspecified atom stereocenters. The van der Waals surface area contributed by atoms with Gasteiger partial charge in [0.15, 0.2) is 0 Å². The molecule has 1 aromatic heterocycles. The number of hydrogen-bond acceptors (Lipinski definition) is 3. The average Bonchev–Trinajstić information content (AvgIpc) is 3.09. The molecule has 0 saturated carbocycles. The first-order valence-corrected chi connectivity index (χ1v) is 8.76. The van der Waals surface area contributed by atoms with Crippen LogP contribution in [0.15, 0.2) is 53.1 Å². The van der Waals surface area contributed by atoms with Crippen LogP contribution in [0, 0.1) is 13.8 Å². The van der Waals surface area contributed by atoms with Crippen LogP contribution >= 0.6 is 0 Å². The SMILES string of the molecule is Cc1coc(-c2cc(NC(=O)N3CCc4ccccc4C3)ccc2C)n1. The summed E-state index contributed by atoms with van der Waals surface area (Å²) in [4.78, 5) is 18.9. The van der Waals surface area contributed by atoms with Gasteiger partial charge in [-0.1, -0.05) is 30.3 Å². The Hall–Kier alpha value is -3.08. The largest absolute Gasteiger partial charge is 0.444 e. The summed E-state index contributed by atoms with van der Waals surface area (Å²) in [5.74, 6) is 0.572. The van der Waals surface area contributed by atoms with E-state index >= 15 is 0 Å². The van der Waals surface area contributed by atoms with Crippen LogP contribution in [0.1, 0.15) is 22.4 Å². The molecule has 132 valence electrons. The van der Waals surface area contributed by atoms with Gasteiger partial charge < -0.3 is 14.6 Å². The van der Waals surface area contributed by atoms with Crippen molar-refractivity contribution < 1.29 is 9.21 Å². The molecule has 0 saturated heterocycles. The number of nitrogens with zero attached hydrogens (tertiary/aromatic N) is 2. The summed E-state index contributed by atoms with van der Waals surface area (Å²) in [7, 11) is 0. The fraction of sp³-hybridized carbons (Fsp3) is 0.238. The summed E-state index contributed by atoms with van der Waals surface area (Å²) in [6.07, 6.45) is 2.52. The number of nitrogens with one attached hydrogen (secondary N) is 1. The molecule has 1 aliphatic rings. The summed E-state index contributed by atoms with van der Waals surface area (Å²) < 4.78 is 5.51. The molecule has 2 heterocycles. The summed E-state index contributed by atoms with van der Waals surface area (Å²) >= 11 is 0. The number of fused-ring (bicyclic) bond motifs is 1. The Balaban J connectivity index is 1.52. The van der Waals surface area contributed by atoms with Gasteiger partial charge in [-0.15, -0.1) is 0 Å². The van der Waals surface area contributed by atoms with E-state index in [4.69, 9.17) is 4.42 Å². The highest BCUT2D eigenvalue weighted by Gasteiger charge is 2.20. The van der Waals surface area contributed by atoms with Crippen molar-refractivity contribution >= 4 is 11.7 Å². The van der Waals surface area contributed by atoms with E-state index in [2.05, 4.69) is 22.4 Å². The smallest absolute Gasteiger partial charge is 0.322 e. The molecule has 5 nitrogen and oxygen atoms in total. The van der Waals surface area contributed by atoms with Gasteiger partial charge in [0, 0.05) is 24.3 Å². The van der Waals surface area contributed by atoms with E-state index in [0.29, 0.717) is 12.4 Å². The topological polar surface area (TPSA) is 58.4 Å². The fourth-order valence-corrected chi connectivity index (χ4v) is 3.28. The van der Waals surface area contributed by atoms with Crippen LogP contribution in [-0.2, 0) is 13.0 Å². The van der Waals surface area contributed by atoms with E-state index in [0.717, 1.165) is 35.5 Å². The lowest BCUT2D eigenvalue weighted by Gasteiger charge is -2.29. The van der Waals surface area contributed by atoms with Crippen LogP contribution in [0.3, 0.4) is 0 Å². The van der Waals surface area contributed by atoms with Crippen molar-refractivity contribution in [2.45, 2.75) is 26.8 Å². The van der Waals surface area contributed by atoms with Crippen molar-refractivity contribution in [3.63, 3.8) is 0 Å². The van der Waals surface area contributed by atoms with Crippen molar-refractivity contribution in [2.75, 3.05) is 11.9 Å². The van der Waals surface area contributed by atoms with E-state index in [1.807, 2.05) is 49.1 Å². The van der Waals surface area contributed by atoms with Gasteiger partial charge in [0.25, 0.3) is 0 Å². The Labute approximate surface area is 152 Å². The van der Waals surface area contributed by atoms with Crippen LogP contribution in [0.5, 0.6) is 0 Å². The zero-order chi connectivity index (χ0) is 18.1. The lowest BCUT2D eigenvalue weighted by molar-refractivity contribution is 0.206. The predicted octanol–water partition coefficient (Wildman–Crippen LogP) is 4.55. The van der Waals surface area contributed by atoms with E-state index in [1.54, 1.807) is 6.26 Å². The maximum absolute atomic E-state index is 12.7. The zero-order valence-corrected chi connectivity index (χ0v) is 15.0. The molecule has 2 aromatic carbocycles. The monoisotopic (exact) mass is 347 g/mol. The lowest BCUT2D eigenvalue weighted by atomic mass is 10.0. The lowest BCUT2D eigenvalue weighted by Crippen LogP contribution is -2.38. The molecule has 0 fully saturated rings. The first kappa shape index (κ1) is 16.4. The van der Waals surface area contributed by atoms with Crippen LogP contribution < -0.4 is 5.32 Å². The highest BCUT2D eigenvalue weighted by Crippen LogP contribution is 2.26. The van der Waals surface area contributed by atoms with Crippen molar-refractivity contribution in [1.82, 2.24) is 9.88 Å². The van der Waals surface area contributed by atoms with Gasteiger partial charge in [-0.2, -0.15) is 0 Å². The van der Waals surface area contributed by atoms with E-state index in [1.165, 1.54) is 11.1 Å². The molecule has 2 amide bonds. The molecule has 0 atom stereocenters. The number of aromatic nitrogens is 1. The number of carbonyl (C=O) groups is 1. The summed E-state index contributed by atoms with van der Waals surface area (Å²) in [5.41, 5.74) is 6.06. The molecule has 0 aliphatic carbocycles. The van der Waals surface area contributed by atoms with Gasteiger partial charge in [0.2, 0.25) is 5.89 Å². The Morgan fingerprint density at radius 1 is 1.15 bits per heavy atom. The van der Waals surface area contributed by atoms with E-state index < -0.39 is 0 Å². The number of benzene rings is 2. The van der Waals surface area contributed by atoms with Crippen LogP contribution in [0.25, 0.3) is 11.5 Å². The first-order valence-electron chi connectivity index (χ1n) is 8.76. The second-order valence-corrected chi connectivity index (χ2v) is 6.69. The molecular weight excluding hydrogens is 326 g/mol. The molecule has 5 heteroatoms. The highest BCUT2D eigenvalue weighted by molar-refractivity contribution is 5.90. The maximum Gasteiger partial charge on any atom is 0.322 e. The second-order valence-electron chi connectivity index (χ2n) is 6.69. The predicted molar refractivity (Wildman–Crippen MR) is 101 cm³/mol. The molecule has 0 spiro atoms. The number of carbonyl (C=O) groups excluding carboxylic acids is 1. The summed E-state index contributed by atoms with van der Waals surface area (Å²) in [6.45, 7) is 5.25. The third-order valence-electron chi connectivity index (χ3n) is 4.76. The van der Waals surface area contributed by atoms with Crippen molar-refractivity contribution in [1.29, 1.82) is 0 Å². The number of rotatable bonds is 2. The zero-order valence-electron chi connectivity index (χ0n) is 15.0. The third kappa shape index (κ3) is 3.20. The number of hydrogen-bond donors (Lipinski definition) is 1. The Morgan fingerprint density at radius 3 is 2.73 bits per heavy atom. The standard InChI is InChI=1S/C21H21N3O2/c1-14-7-8-18(11-19(14)20-22-15(2)13-26-20)23-21(25)24-10-9-16-5-3-4-6-17(16)12-24/h3-8,11,13H,9-10,12H2,1-2H3,(H,23,25). The van der Waals surface area contributed by atoms with Gasteiger partial charge in [-0.05, 0) is 49.1 Å². The fourth-order valence-electron chi connectivity index (χ4n) is 3.28. The van der Waals surface area contributed by atoms with Crippen molar-refractivity contribution in [3.8, 4) is 11.5 Å². The molecule has 4 rings (SSSR count). The minimum absolute atomic E-state index is 0.0853. The minimum Gasteiger partial charge on any atom is -0.444 e. The van der Waals surface area contributed by atoms with Crippen LogP contribution in [-0.4, -0.2) is 22.5 Å². The van der Waals surface area contributed by atoms with Crippen LogP contribution in [0.2, 0.25) is 0 Å². The van der Waals surface area contributed by atoms with Crippen LogP contribution in [0.4, 0.5) is 10.5 Å². The second kappa shape index (κ2) is 6.67. The van der Waals surface area contributed by atoms with Gasteiger partial charge in [-0.3, -0.25) is 0 Å². The van der Waals surface area contributed by atoms with Crippen molar-refractivity contribution in [3.05, 3.63) is 71.1 Å². The Kier molecular flexibility index (Phi) is 4.21. The minimum atomic E-state index is -0.0853. The van der Waals surface area contributed by atoms with E-state index in [-0.39, 0.29) is 6.03 Å². The number of aryl methyl sites for hydroxylation is 2. The quantitative estimate of drug-likeness (QED) is 0.740. The van der Waals surface area contributed by atoms with Gasteiger partial charge in [-0.25, -0.2) is 9.78 Å². The molecule has 26 heavy (non-hydrogen) atoms. The van der Waals surface area contributed by atoms with Gasteiger partial charge >= 0.3 is 6.03 Å². The first-order chi connectivity index (χ1) is 12.6. The maximum atomic E-state index is 12.7. The van der Waals surface area contributed by atoms with Gasteiger partial charge in [0.1, 0.15) is 6.26 Å². The molecule has 0 bridgehead atoms. The molecule has 0 radical (unpaired) electrons. The molecule has 1 N–H and O–H groups in total. The Bertz CT molecular complexity index is 961. The summed E-state index contributed by atoms with van der Waals surface area (Å²) in [6, 6.07) is 14.0. The summed E-state index contributed by atoms with van der Waals surface area (Å²) in [5, 5.41) is 3.00. The third-order valence-corrected chi connectivity index (χ3v) is 4.76. The van der Waals surface area contributed by atoms with E-state index in [9.17, 15) is 4.79 Å². The van der Waals surface area contributed by atoms with Gasteiger partial charge in [0.05, 0.1) is 5.69 Å². The molecule has 1 aliphatic heterocycles. The average molecular weight is 347 g/mol. The normalized spacial score (nSPS) is 13.4.